The quantitative estimate of drug-likeness (QED) is 0.887. The van der Waals surface area contributed by atoms with Crippen LogP contribution >= 0.6 is 11.5 Å². The minimum Gasteiger partial charge on any atom is -0.382 e. The second-order valence-corrected chi connectivity index (χ2v) is 5.86. The molecule has 0 amide bonds. The van der Waals surface area contributed by atoms with Crippen molar-refractivity contribution < 1.29 is 4.74 Å². The van der Waals surface area contributed by atoms with E-state index in [1.807, 2.05) is 18.2 Å². The largest absolute Gasteiger partial charge is 0.382 e. The van der Waals surface area contributed by atoms with E-state index in [1.165, 1.54) is 18.0 Å². The molecule has 2 heterocycles. The number of ether oxygens (including phenoxy) is 1. The van der Waals surface area contributed by atoms with Crippen molar-refractivity contribution in [2.45, 2.75) is 12.8 Å². The Morgan fingerprint density at radius 2 is 2.20 bits per heavy atom. The molecule has 1 aromatic heterocycles. The van der Waals surface area contributed by atoms with Gasteiger partial charge in [0.15, 0.2) is 0 Å². The maximum absolute atomic E-state index is 6.01. The lowest BCUT2D eigenvalue weighted by molar-refractivity contribution is 0.185. The molecular weight excluding hydrogens is 270 g/mol. The molecular formula is C15H19N3OS. The Hall–Kier alpha value is -1.59. The summed E-state index contributed by atoms with van der Waals surface area (Å²) in [7, 11) is 0. The van der Waals surface area contributed by atoms with Gasteiger partial charge in [-0.15, -0.1) is 0 Å². The Bertz CT molecular complexity index is 550. The third-order valence-corrected chi connectivity index (χ3v) is 4.46. The second-order valence-electron chi connectivity index (χ2n) is 5.08. The SMILES string of the molecule is Nc1nsc(NCCC2CCOC2)c1-c1ccccc1. The summed E-state index contributed by atoms with van der Waals surface area (Å²) in [5.41, 5.74) is 8.15. The number of nitrogens with one attached hydrogen (secondary N) is 1. The van der Waals surface area contributed by atoms with Crippen molar-refractivity contribution in [1.29, 1.82) is 0 Å². The summed E-state index contributed by atoms with van der Waals surface area (Å²) in [6.07, 6.45) is 2.31. The van der Waals surface area contributed by atoms with Gasteiger partial charge in [0.1, 0.15) is 10.8 Å². The van der Waals surface area contributed by atoms with Crippen molar-refractivity contribution in [3.05, 3.63) is 30.3 Å². The zero-order valence-corrected chi connectivity index (χ0v) is 12.2. The Labute approximate surface area is 123 Å². The lowest BCUT2D eigenvalue weighted by atomic mass is 10.1. The molecule has 2 aromatic rings. The van der Waals surface area contributed by atoms with Crippen LogP contribution in [-0.4, -0.2) is 24.1 Å². The molecule has 5 heteroatoms. The molecule has 0 saturated carbocycles. The normalized spacial score (nSPS) is 18.3. The number of rotatable bonds is 5. The maximum Gasteiger partial charge on any atom is 0.147 e. The van der Waals surface area contributed by atoms with Crippen molar-refractivity contribution in [1.82, 2.24) is 4.37 Å². The monoisotopic (exact) mass is 289 g/mol. The molecule has 1 aromatic carbocycles. The van der Waals surface area contributed by atoms with E-state index in [2.05, 4.69) is 21.8 Å². The lowest BCUT2D eigenvalue weighted by Crippen LogP contribution is -2.08. The van der Waals surface area contributed by atoms with E-state index in [-0.39, 0.29) is 0 Å². The maximum atomic E-state index is 6.01. The summed E-state index contributed by atoms with van der Waals surface area (Å²) >= 11 is 1.44. The zero-order chi connectivity index (χ0) is 13.8. The van der Waals surface area contributed by atoms with Gasteiger partial charge in [-0.3, -0.25) is 0 Å². The molecule has 0 aliphatic carbocycles. The van der Waals surface area contributed by atoms with E-state index in [9.17, 15) is 0 Å². The van der Waals surface area contributed by atoms with Crippen molar-refractivity contribution >= 4 is 22.4 Å². The zero-order valence-electron chi connectivity index (χ0n) is 11.3. The van der Waals surface area contributed by atoms with E-state index in [0.717, 1.165) is 42.3 Å². The highest BCUT2D eigenvalue weighted by atomic mass is 32.1. The van der Waals surface area contributed by atoms with Gasteiger partial charge in [-0.25, -0.2) is 0 Å². The Morgan fingerprint density at radius 3 is 2.95 bits per heavy atom. The van der Waals surface area contributed by atoms with E-state index in [4.69, 9.17) is 10.5 Å². The number of hydrogen-bond donors (Lipinski definition) is 2. The van der Waals surface area contributed by atoms with Crippen molar-refractivity contribution in [2.75, 3.05) is 30.8 Å². The van der Waals surface area contributed by atoms with Crippen LogP contribution in [0.5, 0.6) is 0 Å². The molecule has 0 bridgehead atoms. The predicted octanol–water partition coefficient (Wildman–Crippen LogP) is 3.23. The Kier molecular flexibility index (Phi) is 4.18. The van der Waals surface area contributed by atoms with Crippen LogP contribution in [0.3, 0.4) is 0 Å². The van der Waals surface area contributed by atoms with Crippen LogP contribution in [0.15, 0.2) is 30.3 Å². The molecule has 0 radical (unpaired) electrons. The fraction of sp³-hybridized carbons (Fsp3) is 0.400. The molecule has 1 aliphatic heterocycles. The van der Waals surface area contributed by atoms with Gasteiger partial charge >= 0.3 is 0 Å². The molecule has 0 spiro atoms. The molecule has 3 N–H and O–H groups in total. The van der Waals surface area contributed by atoms with Crippen LogP contribution < -0.4 is 11.1 Å². The first-order valence-electron chi connectivity index (χ1n) is 6.97. The molecule has 106 valence electrons. The molecule has 1 unspecified atom stereocenters. The number of nitrogen functional groups attached to an aromatic ring is 1. The lowest BCUT2D eigenvalue weighted by Gasteiger charge is -2.10. The average molecular weight is 289 g/mol. The average Bonchev–Trinajstić information content (AvgIpc) is 3.10. The Morgan fingerprint density at radius 1 is 1.35 bits per heavy atom. The van der Waals surface area contributed by atoms with Gasteiger partial charge in [0.2, 0.25) is 0 Å². The molecule has 4 nitrogen and oxygen atoms in total. The molecule has 1 saturated heterocycles. The van der Waals surface area contributed by atoms with Gasteiger partial charge in [0.25, 0.3) is 0 Å². The first-order valence-corrected chi connectivity index (χ1v) is 7.74. The van der Waals surface area contributed by atoms with E-state index in [0.29, 0.717) is 11.7 Å². The van der Waals surface area contributed by atoms with Crippen LogP contribution in [0.25, 0.3) is 11.1 Å². The molecule has 1 fully saturated rings. The van der Waals surface area contributed by atoms with Crippen molar-refractivity contribution in [3.8, 4) is 11.1 Å². The number of nitrogens with zero attached hydrogens (tertiary/aromatic N) is 1. The second kappa shape index (κ2) is 6.24. The van der Waals surface area contributed by atoms with E-state index in [1.54, 1.807) is 0 Å². The van der Waals surface area contributed by atoms with Gasteiger partial charge < -0.3 is 15.8 Å². The third-order valence-electron chi connectivity index (χ3n) is 3.64. The summed E-state index contributed by atoms with van der Waals surface area (Å²) < 4.78 is 9.68. The van der Waals surface area contributed by atoms with Crippen LogP contribution in [-0.2, 0) is 4.74 Å². The van der Waals surface area contributed by atoms with Crippen LogP contribution in [0.2, 0.25) is 0 Å². The summed E-state index contributed by atoms with van der Waals surface area (Å²) in [5.74, 6) is 1.29. The number of benzene rings is 1. The highest BCUT2D eigenvalue weighted by Gasteiger charge is 2.16. The van der Waals surface area contributed by atoms with Crippen molar-refractivity contribution in [2.24, 2.45) is 5.92 Å². The number of aromatic nitrogens is 1. The van der Waals surface area contributed by atoms with Crippen LogP contribution in [0.4, 0.5) is 10.8 Å². The number of hydrogen-bond acceptors (Lipinski definition) is 5. The van der Waals surface area contributed by atoms with E-state index < -0.39 is 0 Å². The van der Waals surface area contributed by atoms with Crippen molar-refractivity contribution in [3.63, 3.8) is 0 Å². The summed E-state index contributed by atoms with van der Waals surface area (Å²) in [6.45, 7) is 2.75. The number of anilines is 2. The topological polar surface area (TPSA) is 60.2 Å². The standard InChI is InChI=1S/C15H19N3OS/c16-14-13(12-4-2-1-3-5-12)15(20-18-14)17-8-6-11-7-9-19-10-11/h1-5,11,17H,6-10H2,(H2,16,18). The highest BCUT2D eigenvalue weighted by Crippen LogP contribution is 2.36. The van der Waals surface area contributed by atoms with Crippen LogP contribution in [0.1, 0.15) is 12.8 Å². The highest BCUT2D eigenvalue weighted by molar-refractivity contribution is 7.11. The fourth-order valence-corrected chi connectivity index (χ4v) is 3.27. The molecule has 3 rings (SSSR count). The summed E-state index contributed by atoms with van der Waals surface area (Å²) in [5, 5.41) is 4.54. The van der Waals surface area contributed by atoms with Gasteiger partial charge in [0.05, 0.1) is 5.56 Å². The van der Waals surface area contributed by atoms with Gasteiger partial charge in [0, 0.05) is 19.8 Å². The summed E-state index contributed by atoms with van der Waals surface area (Å²) in [6, 6.07) is 10.2. The van der Waals surface area contributed by atoms with Crippen LogP contribution in [0, 0.1) is 5.92 Å². The molecule has 20 heavy (non-hydrogen) atoms. The minimum atomic E-state index is 0.605. The Balaban J connectivity index is 1.67. The smallest absolute Gasteiger partial charge is 0.147 e. The number of nitrogens with two attached hydrogens (primary N) is 1. The van der Waals surface area contributed by atoms with Gasteiger partial charge in [-0.2, -0.15) is 4.37 Å². The third kappa shape index (κ3) is 2.94. The van der Waals surface area contributed by atoms with Gasteiger partial charge in [-0.05, 0) is 35.9 Å². The first kappa shape index (κ1) is 13.4. The summed E-state index contributed by atoms with van der Waals surface area (Å²) in [4.78, 5) is 0. The van der Waals surface area contributed by atoms with E-state index >= 15 is 0 Å². The molecule has 1 aliphatic rings. The van der Waals surface area contributed by atoms with Gasteiger partial charge in [-0.1, -0.05) is 30.3 Å². The minimum absolute atomic E-state index is 0.605. The molecule has 1 atom stereocenters. The predicted molar refractivity (Wildman–Crippen MR) is 84.0 cm³/mol. The first-order chi connectivity index (χ1) is 9.84. The fourth-order valence-electron chi connectivity index (χ4n) is 2.51.